The third-order valence-electron chi connectivity index (χ3n) is 3.83. The second-order valence-corrected chi connectivity index (χ2v) is 5.08. The fourth-order valence-corrected chi connectivity index (χ4v) is 2.80. The van der Waals surface area contributed by atoms with Gasteiger partial charge < -0.3 is 0 Å². The summed E-state index contributed by atoms with van der Waals surface area (Å²) in [7, 11) is 0. The van der Waals surface area contributed by atoms with Crippen molar-refractivity contribution in [3.05, 3.63) is 71.0 Å². The summed E-state index contributed by atoms with van der Waals surface area (Å²) in [6.45, 7) is 0. The monoisotopic (exact) mass is 254 g/mol. The normalized spacial score (nSPS) is 17.8. The number of benzene rings is 2. The fourth-order valence-electron chi connectivity index (χ4n) is 2.80. The molecule has 1 unspecified atom stereocenters. The minimum atomic E-state index is -0.345. The molecule has 0 aromatic heterocycles. The van der Waals surface area contributed by atoms with Crippen LogP contribution in [0.15, 0.2) is 48.5 Å². The van der Waals surface area contributed by atoms with E-state index >= 15 is 0 Å². The van der Waals surface area contributed by atoms with Crippen molar-refractivity contribution in [3.63, 3.8) is 0 Å². The van der Waals surface area contributed by atoms with Gasteiger partial charge >= 0.3 is 0 Å². The highest BCUT2D eigenvalue weighted by Gasteiger charge is 2.25. The van der Waals surface area contributed by atoms with Gasteiger partial charge in [0.15, 0.2) is 5.78 Å². The Balaban J connectivity index is 1.83. The molecule has 0 N–H and O–H groups in total. The van der Waals surface area contributed by atoms with Crippen LogP contribution in [0.4, 0.5) is 4.39 Å². The molecule has 1 aliphatic carbocycles. The zero-order valence-electron chi connectivity index (χ0n) is 10.6. The molecule has 2 aromatic carbocycles. The summed E-state index contributed by atoms with van der Waals surface area (Å²) in [5, 5.41) is 0. The molecule has 1 nitrogen and oxygen atoms in total. The summed E-state index contributed by atoms with van der Waals surface area (Å²) in [5.41, 5.74) is 3.08. The molecule has 0 saturated carbocycles. The SMILES string of the molecule is O=C(c1cccc(F)c1)C1CCc2ccccc2C1. The van der Waals surface area contributed by atoms with Crippen LogP contribution in [0.5, 0.6) is 0 Å². The van der Waals surface area contributed by atoms with Crippen molar-refractivity contribution in [2.75, 3.05) is 0 Å². The molecular weight excluding hydrogens is 239 g/mol. The Morgan fingerprint density at radius 3 is 2.63 bits per heavy atom. The summed E-state index contributed by atoms with van der Waals surface area (Å²) in [6.07, 6.45) is 2.56. The van der Waals surface area contributed by atoms with Gasteiger partial charge in [0.1, 0.15) is 5.82 Å². The lowest BCUT2D eigenvalue weighted by molar-refractivity contribution is 0.0908. The number of Topliss-reactive ketones (excluding diaryl/α,β-unsaturated/α-hetero) is 1. The summed E-state index contributed by atoms with van der Waals surface area (Å²) in [4.78, 5) is 12.4. The number of rotatable bonds is 2. The summed E-state index contributed by atoms with van der Waals surface area (Å²) >= 11 is 0. The van der Waals surface area contributed by atoms with Gasteiger partial charge in [-0.15, -0.1) is 0 Å². The first-order valence-corrected chi connectivity index (χ1v) is 6.60. The molecule has 3 rings (SSSR count). The minimum Gasteiger partial charge on any atom is -0.294 e. The third kappa shape index (κ3) is 2.43. The maximum atomic E-state index is 13.2. The molecule has 0 bridgehead atoms. The van der Waals surface area contributed by atoms with Gasteiger partial charge in [-0.05, 0) is 42.5 Å². The van der Waals surface area contributed by atoms with Crippen LogP contribution in [-0.4, -0.2) is 5.78 Å². The number of carbonyl (C=O) groups is 1. The number of hydrogen-bond acceptors (Lipinski definition) is 1. The molecule has 1 aliphatic rings. The molecule has 1 atom stereocenters. The topological polar surface area (TPSA) is 17.1 Å². The molecule has 2 heteroatoms. The quantitative estimate of drug-likeness (QED) is 0.745. The number of hydrogen-bond donors (Lipinski definition) is 0. The molecule has 0 aliphatic heterocycles. The molecule has 96 valence electrons. The molecule has 0 radical (unpaired) electrons. The van der Waals surface area contributed by atoms with Gasteiger partial charge in [0.25, 0.3) is 0 Å². The first kappa shape index (κ1) is 12.1. The number of halogens is 1. The van der Waals surface area contributed by atoms with Crippen LogP contribution in [0.2, 0.25) is 0 Å². The molecule has 0 fully saturated rings. The molecule has 0 spiro atoms. The van der Waals surface area contributed by atoms with Crippen molar-refractivity contribution in [2.45, 2.75) is 19.3 Å². The minimum absolute atomic E-state index is 0.0169. The Hall–Kier alpha value is -1.96. The average molecular weight is 254 g/mol. The first-order valence-electron chi connectivity index (χ1n) is 6.60. The lowest BCUT2D eigenvalue weighted by atomic mass is 9.80. The van der Waals surface area contributed by atoms with E-state index in [9.17, 15) is 9.18 Å². The largest absolute Gasteiger partial charge is 0.294 e. The van der Waals surface area contributed by atoms with Crippen LogP contribution < -0.4 is 0 Å². The van der Waals surface area contributed by atoms with Gasteiger partial charge in [0.05, 0.1) is 0 Å². The van der Waals surface area contributed by atoms with E-state index < -0.39 is 0 Å². The summed E-state index contributed by atoms with van der Waals surface area (Å²) in [6, 6.07) is 14.3. The first-order chi connectivity index (χ1) is 9.24. The van der Waals surface area contributed by atoms with E-state index in [1.165, 1.54) is 23.3 Å². The zero-order valence-corrected chi connectivity index (χ0v) is 10.6. The second-order valence-electron chi connectivity index (χ2n) is 5.08. The molecule has 19 heavy (non-hydrogen) atoms. The van der Waals surface area contributed by atoms with Crippen LogP contribution in [-0.2, 0) is 12.8 Å². The van der Waals surface area contributed by atoms with Gasteiger partial charge in [0, 0.05) is 11.5 Å². The van der Waals surface area contributed by atoms with E-state index in [0.29, 0.717) is 5.56 Å². The number of carbonyl (C=O) groups excluding carboxylic acids is 1. The Labute approximate surface area is 112 Å². The standard InChI is InChI=1S/C17H15FO/c18-16-7-3-6-14(11-16)17(19)15-9-8-12-4-1-2-5-13(12)10-15/h1-7,11,15H,8-10H2. The molecule has 0 amide bonds. The number of aryl methyl sites for hydroxylation is 1. The van der Waals surface area contributed by atoms with Crippen molar-refractivity contribution in [2.24, 2.45) is 5.92 Å². The smallest absolute Gasteiger partial charge is 0.166 e. The van der Waals surface area contributed by atoms with E-state index in [1.54, 1.807) is 12.1 Å². The van der Waals surface area contributed by atoms with E-state index in [1.807, 2.05) is 12.1 Å². The van der Waals surface area contributed by atoms with Crippen LogP contribution in [0.3, 0.4) is 0 Å². The number of ketones is 1. The van der Waals surface area contributed by atoms with Gasteiger partial charge in [0.2, 0.25) is 0 Å². The lowest BCUT2D eigenvalue weighted by Crippen LogP contribution is -2.22. The fraction of sp³-hybridized carbons (Fsp3) is 0.235. The van der Waals surface area contributed by atoms with Crippen molar-refractivity contribution >= 4 is 5.78 Å². The van der Waals surface area contributed by atoms with Crippen molar-refractivity contribution < 1.29 is 9.18 Å². The maximum Gasteiger partial charge on any atom is 0.166 e. The van der Waals surface area contributed by atoms with Crippen molar-refractivity contribution in [3.8, 4) is 0 Å². The van der Waals surface area contributed by atoms with Crippen LogP contribution in [0, 0.1) is 11.7 Å². The van der Waals surface area contributed by atoms with Gasteiger partial charge in [-0.3, -0.25) is 4.79 Å². The van der Waals surface area contributed by atoms with Gasteiger partial charge in [-0.2, -0.15) is 0 Å². The Morgan fingerprint density at radius 1 is 1.05 bits per heavy atom. The van der Waals surface area contributed by atoms with Gasteiger partial charge in [-0.25, -0.2) is 4.39 Å². The van der Waals surface area contributed by atoms with E-state index in [4.69, 9.17) is 0 Å². The summed E-state index contributed by atoms with van der Waals surface area (Å²) < 4.78 is 13.2. The van der Waals surface area contributed by atoms with Crippen LogP contribution in [0.25, 0.3) is 0 Å². The third-order valence-corrected chi connectivity index (χ3v) is 3.83. The Kier molecular flexibility index (Phi) is 3.16. The van der Waals surface area contributed by atoms with E-state index in [0.717, 1.165) is 19.3 Å². The Bertz CT molecular complexity index is 618. The average Bonchev–Trinajstić information content (AvgIpc) is 2.46. The Morgan fingerprint density at radius 2 is 1.84 bits per heavy atom. The van der Waals surface area contributed by atoms with Crippen LogP contribution in [0.1, 0.15) is 27.9 Å². The molecular formula is C17H15FO. The highest BCUT2D eigenvalue weighted by molar-refractivity contribution is 5.98. The molecule has 0 heterocycles. The van der Waals surface area contributed by atoms with Crippen molar-refractivity contribution in [1.82, 2.24) is 0 Å². The maximum absolute atomic E-state index is 13.2. The van der Waals surface area contributed by atoms with E-state index in [2.05, 4.69) is 12.1 Å². The second kappa shape index (κ2) is 4.96. The highest BCUT2D eigenvalue weighted by atomic mass is 19.1. The zero-order chi connectivity index (χ0) is 13.2. The predicted octanol–water partition coefficient (Wildman–Crippen LogP) is 3.81. The highest BCUT2D eigenvalue weighted by Crippen LogP contribution is 2.27. The molecule has 0 saturated heterocycles. The summed E-state index contributed by atoms with van der Waals surface area (Å²) in [5.74, 6) is -0.298. The predicted molar refractivity (Wildman–Crippen MR) is 72.7 cm³/mol. The lowest BCUT2D eigenvalue weighted by Gasteiger charge is -2.23. The van der Waals surface area contributed by atoms with Crippen LogP contribution >= 0.6 is 0 Å². The van der Waals surface area contributed by atoms with E-state index in [-0.39, 0.29) is 17.5 Å². The number of fused-ring (bicyclic) bond motifs is 1. The molecule has 2 aromatic rings. The van der Waals surface area contributed by atoms with Crippen molar-refractivity contribution in [1.29, 1.82) is 0 Å². The van der Waals surface area contributed by atoms with Gasteiger partial charge in [-0.1, -0.05) is 36.4 Å².